The van der Waals surface area contributed by atoms with E-state index >= 15 is 0 Å². The minimum Gasteiger partial charge on any atom is -0.474 e. The first-order valence-corrected chi connectivity index (χ1v) is 4.00. The zero-order chi connectivity index (χ0) is 9.26. The Morgan fingerprint density at radius 1 is 1.54 bits per heavy atom. The average Bonchev–Trinajstić information content (AvgIpc) is 2.17. The van der Waals surface area contributed by atoms with Gasteiger partial charge in [0.25, 0.3) is 0 Å². The molecule has 13 heavy (non-hydrogen) atoms. The van der Waals surface area contributed by atoms with Gasteiger partial charge in [-0.2, -0.15) is 0 Å². The second-order valence-corrected chi connectivity index (χ2v) is 2.77. The molecule has 0 amide bonds. The smallest absolute Gasteiger partial charge is 0.474 e. The Morgan fingerprint density at radius 3 is 3.15 bits per heavy atom. The van der Waals surface area contributed by atoms with Gasteiger partial charge in [0.2, 0.25) is 5.88 Å². The Bertz CT molecular complexity index is 319. The van der Waals surface area contributed by atoms with Crippen LogP contribution in [0.2, 0.25) is 0 Å². The molecule has 0 saturated heterocycles. The number of fused-ring (bicyclic) bond motifs is 1. The fourth-order valence-corrected chi connectivity index (χ4v) is 1.18. The summed E-state index contributed by atoms with van der Waals surface area (Å²) in [5.74, 6) is 0.510. The van der Waals surface area contributed by atoms with Crippen LogP contribution >= 0.6 is 0 Å². The van der Waals surface area contributed by atoms with E-state index in [2.05, 4.69) is 10.3 Å². The number of aromatic nitrogens is 1. The number of nitrogens with one attached hydrogen (secondary N) is 1. The Kier molecular flexibility index (Phi) is 2.07. The Balaban J connectivity index is 2.35. The van der Waals surface area contributed by atoms with E-state index in [-0.39, 0.29) is 0 Å². The van der Waals surface area contributed by atoms with Crippen molar-refractivity contribution in [2.24, 2.45) is 0 Å². The molecule has 0 spiro atoms. The number of anilines is 1. The molecule has 0 radical (unpaired) electrons. The Labute approximate surface area is 75.5 Å². The van der Waals surface area contributed by atoms with E-state index in [1.165, 1.54) is 6.20 Å². The zero-order valence-electron chi connectivity index (χ0n) is 6.90. The van der Waals surface area contributed by atoms with Crippen molar-refractivity contribution in [1.29, 1.82) is 0 Å². The fourth-order valence-electron chi connectivity index (χ4n) is 1.18. The van der Waals surface area contributed by atoms with Crippen molar-refractivity contribution < 1.29 is 14.8 Å². The van der Waals surface area contributed by atoms with E-state index < -0.39 is 7.12 Å². The molecule has 3 N–H and O–H groups in total. The van der Waals surface area contributed by atoms with Gasteiger partial charge < -0.3 is 20.1 Å². The molecule has 0 saturated carbocycles. The SMILES string of the molecule is OB(O)c1cnc2c(c1)NCCO2. The molecule has 68 valence electrons. The lowest BCUT2D eigenvalue weighted by Crippen LogP contribution is -2.31. The maximum atomic E-state index is 8.87. The van der Waals surface area contributed by atoms with E-state index in [1.54, 1.807) is 6.07 Å². The number of rotatable bonds is 1. The highest BCUT2D eigenvalue weighted by molar-refractivity contribution is 6.58. The number of hydrogen-bond donors (Lipinski definition) is 3. The van der Waals surface area contributed by atoms with Gasteiger partial charge in [0.05, 0.1) is 5.69 Å². The van der Waals surface area contributed by atoms with Crippen molar-refractivity contribution >= 4 is 18.3 Å². The highest BCUT2D eigenvalue weighted by atomic mass is 16.5. The van der Waals surface area contributed by atoms with Gasteiger partial charge in [-0.05, 0) is 6.07 Å². The molecule has 0 aromatic carbocycles. The molecule has 5 nitrogen and oxygen atoms in total. The largest absolute Gasteiger partial charge is 0.490 e. The zero-order valence-corrected chi connectivity index (χ0v) is 6.90. The van der Waals surface area contributed by atoms with Crippen LogP contribution in [0.25, 0.3) is 0 Å². The second-order valence-electron chi connectivity index (χ2n) is 2.77. The molecule has 1 aliphatic rings. The van der Waals surface area contributed by atoms with Gasteiger partial charge in [-0.25, -0.2) is 4.98 Å². The third-order valence-corrected chi connectivity index (χ3v) is 1.83. The minimum atomic E-state index is -1.48. The molecule has 6 heteroatoms. The first kappa shape index (κ1) is 8.34. The van der Waals surface area contributed by atoms with Gasteiger partial charge in [0, 0.05) is 18.2 Å². The summed E-state index contributed by atoms with van der Waals surface area (Å²) >= 11 is 0. The third kappa shape index (κ3) is 1.58. The van der Waals surface area contributed by atoms with E-state index in [0.717, 1.165) is 0 Å². The summed E-state index contributed by atoms with van der Waals surface area (Å²) in [6.07, 6.45) is 1.39. The van der Waals surface area contributed by atoms with Gasteiger partial charge in [0.15, 0.2) is 0 Å². The molecular weight excluding hydrogens is 171 g/mol. The maximum absolute atomic E-state index is 8.87. The van der Waals surface area contributed by atoms with Crippen LogP contribution in [0.4, 0.5) is 5.69 Å². The summed E-state index contributed by atoms with van der Waals surface area (Å²) in [7, 11) is -1.48. The molecule has 1 aliphatic heterocycles. The molecule has 0 bridgehead atoms. The van der Waals surface area contributed by atoms with Crippen LogP contribution in [0.15, 0.2) is 12.3 Å². The lowest BCUT2D eigenvalue weighted by Gasteiger charge is -2.18. The topological polar surface area (TPSA) is 74.6 Å². The predicted octanol–water partition coefficient (Wildman–Crippen LogP) is -1.43. The van der Waals surface area contributed by atoms with Crippen LogP contribution in [0.3, 0.4) is 0 Å². The van der Waals surface area contributed by atoms with Gasteiger partial charge in [-0.1, -0.05) is 0 Å². The Hall–Kier alpha value is -1.27. The van der Waals surface area contributed by atoms with E-state index in [0.29, 0.717) is 30.2 Å². The summed E-state index contributed by atoms with van der Waals surface area (Å²) in [5, 5.41) is 20.8. The third-order valence-electron chi connectivity index (χ3n) is 1.83. The number of pyridine rings is 1. The molecule has 0 unspecified atom stereocenters. The lowest BCUT2D eigenvalue weighted by atomic mass is 9.81. The van der Waals surface area contributed by atoms with Crippen molar-refractivity contribution in [2.75, 3.05) is 18.5 Å². The summed E-state index contributed by atoms with van der Waals surface area (Å²) in [5.41, 5.74) is 1.06. The molecule has 2 heterocycles. The average molecular weight is 180 g/mol. The van der Waals surface area contributed by atoms with Gasteiger partial charge in [-0.3, -0.25) is 0 Å². The van der Waals surface area contributed by atoms with Crippen LogP contribution in [0, 0.1) is 0 Å². The first-order chi connectivity index (χ1) is 6.27. The summed E-state index contributed by atoms with van der Waals surface area (Å²) in [6, 6.07) is 1.62. The number of hydrogen-bond acceptors (Lipinski definition) is 5. The van der Waals surface area contributed by atoms with Crippen molar-refractivity contribution in [3.8, 4) is 5.88 Å². The molecule has 0 atom stereocenters. The number of nitrogens with zero attached hydrogens (tertiary/aromatic N) is 1. The first-order valence-electron chi connectivity index (χ1n) is 4.00. The number of ether oxygens (including phenoxy) is 1. The molecule has 1 aromatic rings. The standard InChI is InChI=1S/C7H9BN2O3/c11-8(12)5-3-6-7(10-4-5)13-2-1-9-6/h3-4,9,11-12H,1-2H2. The normalized spacial score (nSPS) is 14.0. The van der Waals surface area contributed by atoms with Crippen molar-refractivity contribution in [2.45, 2.75) is 0 Å². The fraction of sp³-hybridized carbons (Fsp3) is 0.286. The quantitative estimate of drug-likeness (QED) is 0.461. The predicted molar refractivity (Wildman–Crippen MR) is 48.0 cm³/mol. The van der Waals surface area contributed by atoms with Crippen LogP contribution in [-0.4, -0.2) is 35.3 Å². The monoisotopic (exact) mass is 180 g/mol. The second kappa shape index (κ2) is 3.23. The molecule has 2 rings (SSSR count). The molecular formula is C7H9BN2O3. The minimum absolute atomic E-state index is 0.358. The van der Waals surface area contributed by atoms with Crippen LogP contribution in [0.5, 0.6) is 5.88 Å². The van der Waals surface area contributed by atoms with Crippen molar-refractivity contribution in [3.63, 3.8) is 0 Å². The maximum Gasteiger partial charge on any atom is 0.490 e. The van der Waals surface area contributed by atoms with Crippen molar-refractivity contribution in [1.82, 2.24) is 4.98 Å². The van der Waals surface area contributed by atoms with Gasteiger partial charge in [0.1, 0.15) is 6.61 Å². The van der Waals surface area contributed by atoms with E-state index in [9.17, 15) is 0 Å². The summed E-state index contributed by atoms with van der Waals surface area (Å²) < 4.78 is 5.22. The van der Waals surface area contributed by atoms with Gasteiger partial charge >= 0.3 is 7.12 Å². The molecule has 0 aliphatic carbocycles. The van der Waals surface area contributed by atoms with Crippen LogP contribution in [-0.2, 0) is 0 Å². The van der Waals surface area contributed by atoms with Gasteiger partial charge in [-0.15, -0.1) is 0 Å². The van der Waals surface area contributed by atoms with E-state index in [4.69, 9.17) is 14.8 Å². The van der Waals surface area contributed by atoms with Crippen molar-refractivity contribution in [3.05, 3.63) is 12.3 Å². The highest BCUT2D eigenvalue weighted by Crippen LogP contribution is 2.21. The lowest BCUT2D eigenvalue weighted by molar-refractivity contribution is 0.310. The van der Waals surface area contributed by atoms with E-state index in [1.807, 2.05) is 0 Å². The summed E-state index contributed by atoms with van der Waals surface area (Å²) in [4.78, 5) is 3.94. The van der Waals surface area contributed by atoms with Crippen LogP contribution in [0.1, 0.15) is 0 Å². The highest BCUT2D eigenvalue weighted by Gasteiger charge is 2.16. The molecule has 1 aromatic heterocycles. The Morgan fingerprint density at radius 2 is 2.38 bits per heavy atom. The van der Waals surface area contributed by atoms with Crippen LogP contribution < -0.4 is 15.5 Å². The summed E-state index contributed by atoms with van der Waals surface area (Å²) in [6.45, 7) is 1.29. The molecule has 0 fully saturated rings.